The molecule has 1 aromatic heterocycles. The number of halogens is 1. The molecule has 1 aliphatic heterocycles. The summed E-state index contributed by atoms with van der Waals surface area (Å²) in [5.41, 5.74) is 2.05. The summed E-state index contributed by atoms with van der Waals surface area (Å²) in [6.07, 6.45) is 0.294. The van der Waals surface area contributed by atoms with Gasteiger partial charge in [0.1, 0.15) is 5.82 Å². The van der Waals surface area contributed by atoms with Crippen LogP contribution in [-0.2, 0) is 4.79 Å². The molecule has 1 saturated heterocycles. The number of amides is 1. The second-order valence-corrected chi connectivity index (χ2v) is 6.83. The van der Waals surface area contributed by atoms with Gasteiger partial charge in [-0.3, -0.25) is 4.79 Å². The summed E-state index contributed by atoms with van der Waals surface area (Å²) in [4.78, 5) is 18.7. The van der Waals surface area contributed by atoms with Gasteiger partial charge in [0.25, 0.3) is 5.89 Å². The van der Waals surface area contributed by atoms with Crippen LogP contribution in [-0.4, -0.2) is 27.5 Å². The minimum Gasteiger partial charge on any atom is -0.335 e. The van der Waals surface area contributed by atoms with Gasteiger partial charge in [0, 0.05) is 24.4 Å². The van der Waals surface area contributed by atoms with Gasteiger partial charge in [-0.05, 0) is 42.8 Å². The highest BCUT2D eigenvalue weighted by Gasteiger charge is 2.36. The first-order valence-corrected chi connectivity index (χ1v) is 8.94. The molecule has 6 nitrogen and oxygen atoms in total. The van der Waals surface area contributed by atoms with E-state index in [-0.39, 0.29) is 23.7 Å². The van der Waals surface area contributed by atoms with Gasteiger partial charge in [0.2, 0.25) is 5.91 Å². The van der Waals surface area contributed by atoms with E-state index < -0.39 is 0 Å². The molecule has 0 bridgehead atoms. The maximum absolute atomic E-state index is 13.2. The Bertz CT molecular complexity index is 1050. The number of likely N-dealkylation sites (tertiary alicyclic amines) is 1. The molecule has 2 atom stereocenters. The lowest BCUT2D eigenvalue weighted by molar-refractivity contribution is -0.129. The van der Waals surface area contributed by atoms with E-state index in [2.05, 4.69) is 16.2 Å². The normalized spacial score (nSPS) is 17.5. The molecule has 1 fully saturated rings. The van der Waals surface area contributed by atoms with Crippen molar-refractivity contribution in [3.05, 3.63) is 71.3 Å². The highest BCUT2D eigenvalue weighted by atomic mass is 19.1. The Kier molecular flexibility index (Phi) is 4.62. The number of hydrogen-bond donors (Lipinski definition) is 0. The van der Waals surface area contributed by atoms with Gasteiger partial charge in [0.15, 0.2) is 5.82 Å². The van der Waals surface area contributed by atoms with Gasteiger partial charge in [-0.2, -0.15) is 10.2 Å². The smallest absolute Gasteiger partial charge is 0.257 e. The molecular weight excluding hydrogens is 359 g/mol. The summed E-state index contributed by atoms with van der Waals surface area (Å²) in [6, 6.07) is 15.0. The van der Waals surface area contributed by atoms with Gasteiger partial charge in [0.05, 0.1) is 17.7 Å². The van der Waals surface area contributed by atoms with Gasteiger partial charge in [-0.25, -0.2) is 4.39 Å². The minimum absolute atomic E-state index is 0.000321. The van der Waals surface area contributed by atoms with E-state index in [1.807, 2.05) is 6.92 Å². The lowest BCUT2D eigenvalue weighted by Crippen LogP contribution is -2.28. The maximum atomic E-state index is 13.2. The number of carbonyl (C=O) groups excluding carboxylic acids is 1. The van der Waals surface area contributed by atoms with Gasteiger partial charge in [-0.15, -0.1) is 0 Å². The average Bonchev–Trinajstić information content (AvgIpc) is 3.35. The SMILES string of the molecule is CC(c1ccc(F)cc1)N1CC(c2noc(-c3cccc(C#N)c3)n2)CC1=O. The molecule has 140 valence electrons. The number of aromatic nitrogens is 2. The number of benzene rings is 2. The van der Waals surface area contributed by atoms with Gasteiger partial charge >= 0.3 is 0 Å². The van der Waals surface area contributed by atoms with Crippen LogP contribution in [0.3, 0.4) is 0 Å². The second-order valence-electron chi connectivity index (χ2n) is 6.83. The Morgan fingerprint density at radius 1 is 1.29 bits per heavy atom. The molecule has 3 aromatic rings. The third-order valence-electron chi connectivity index (χ3n) is 5.02. The van der Waals surface area contributed by atoms with Crippen molar-refractivity contribution in [2.45, 2.75) is 25.3 Å². The fourth-order valence-corrected chi connectivity index (χ4v) is 3.44. The Morgan fingerprint density at radius 2 is 2.07 bits per heavy atom. The molecule has 1 amide bonds. The van der Waals surface area contributed by atoms with Crippen molar-refractivity contribution in [3.63, 3.8) is 0 Å². The van der Waals surface area contributed by atoms with Crippen molar-refractivity contribution in [3.8, 4) is 17.5 Å². The molecule has 4 rings (SSSR count). The zero-order valence-corrected chi connectivity index (χ0v) is 15.2. The summed E-state index contributed by atoms with van der Waals surface area (Å²) >= 11 is 0. The molecule has 7 heteroatoms. The molecule has 2 aromatic carbocycles. The highest BCUT2D eigenvalue weighted by molar-refractivity contribution is 5.80. The number of rotatable bonds is 4. The van der Waals surface area contributed by atoms with Crippen LogP contribution in [0.25, 0.3) is 11.5 Å². The van der Waals surface area contributed by atoms with Crippen molar-refractivity contribution in [1.29, 1.82) is 5.26 Å². The molecule has 0 saturated carbocycles. The summed E-state index contributed by atoms with van der Waals surface area (Å²) in [5, 5.41) is 13.1. The van der Waals surface area contributed by atoms with Crippen LogP contribution >= 0.6 is 0 Å². The first-order chi connectivity index (χ1) is 13.5. The molecular formula is C21H17FN4O2. The van der Waals surface area contributed by atoms with E-state index in [0.717, 1.165) is 5.56 Å². The zero-order valence-electron chi connectivity index (χ0n) is 15.2. The van der Waals surface area contributed by atoms with E-state index in [1.54, 1.807) is 41.3 Å². The standard InChI is InChI=1S/C21H17FN4O2/c1-13(15-5-7-18(22)8-6-15)26-12-17(10-19(26)27)20-24-21(28-25-20)16-4-2-3-14(9-16)11-23/h2-9,13,17H,10,12H2,1H3. The summed E-state index contributed by atoms with van der Waals surface area (Å²) < 4.78 is 18.5. The lowest BCUT2D eigenvalue weighted by Gasteiger charge is -2.25. The van der Waals surface area contributed by atoms with Crippen LogP contribution in [0.2, 0.25) is 0 Å². The molecule has 0 spiro atoms. The summed E-state index contributed by atoms with van der Waals surface area (Å²) in [5.74, 6) is 0.317. The van der Waals surface area contributed by atoms with Crippen molar-refractivity contribution < 1.29 is 13.7 Å². The van der Waals surface area contributed by atoms with E-state index in [0.29, 0.717) is 35.8 Å². The largest absolute Gasteiger partial charge is 0.335 e. The maximum Gasteiger partial charge on any atom is 0.257 e. The predicted molar refractivity (Wildman–Crippen MR) is 98.3 cm³/mol. The Balaban J connectivity index is 1.52. The minimum atomic E-state index is -0.304. The predicted octanol–water partition coefficient (Wildman–Crippen LogP) is 3.82. The van der Waals surface area contributed by atoms with Crippen LogP contribution in [0, 0.1) is 17.1 Å². The first-order valence-electron chi connectivity index (χ1n) is 8.94. The number of carbonyl (C=O) groups is 1. The quantitative estimate of drug-likeness (QED) is 0.691. The van der Waals surface area contributed by atoms with Crippen LogP contribution in [0.4, 0.5) is 4.39 Å². The molecule has 2 unspecified atom stereocenters. The van der Waals surface area contributed by atoms with Crippen LogP contribution in [0.15, 0.2) is 53.1 Å². The molecule has 28 heavy (non-hydrogen) atoms. The number of hydrogen-bond acceptors (Lipinski definition) is 5. The second kappa shape index (κ2) is 7.24. The van der Waals surface area contributed by atoms with E-state index in [9.17, 15) is 9.18 Å². The van der Waals surface area contributed by atoms with Crippen LogP contribution in [0.1, 0.15) is 42.3 Å². The van der Waals surface area contributed by atoms with E-state index in [1.165, 1.54) is 12.1 Å². The zero-order chi connectivity index (χ0) is 19.7. The number of nitrogens with zero attached hydrogens (tertiary/aromatic N) is 4. The van der Waals surface area contributed by atoms with Gasteiger partial charge < -0.3 is 9.42 Å². The van der Waals surface area contributed by atoms with E-state index in [4.69, 9.17) is 9.78 Å². The monoisotopic (exact) mass is 376 g/mol. The van der Waals surface area contributed by atoms with Crippen molar-refractivity contribution >= 4 is 5.91 Å². The van der Waals surface area contributed by atoms with Crippen molar-refractivity contribution in [2.75, 3.05) is 6.54 Å². The lowest BCUT2D eigenvalue weighted by atomic mass is 10.1. The topological polar surface area (TPSA) is 83.0 Å². The molecule has 1 aliphatic rings. The number of nitriles is 1. The molecule has 2 heterocycles. The van der Waals surface area contributed by atoms with Crippen LogP contribution in [0.5, 0.6) is 0 Å². The summed E-state index contributed by atoms with van der Waals surface area (Å²) in [6.45, 7) is 2.39. The first kappa shape index (κ1) is 17.9. The van der Waals surface area contributed by atoms with Crippen molar-refractivity contribution in [1.82, 2.24) is 15.0 Å². The fourth-order valence-electron chi connectivity index (χ4n) is 3.44. The fraction of sp³-hybridized carbons (Fsp3) is 0.238. The van der Waals surface area contributed by atoms with Crippen LogP contribution < -0.4 is 0 Å². The third-order valence-corrected chi connectivity index (χ3v) is 5.02. The molecule has 0 radical (unpaired) electrons. The Hall–Kier alpha value is -3.53. The molecule has 0 N–H and O–H groups in total. The summed E-state index contributed by atoms with van der Waals surface area (Å²) in [7, 11) is 0. The van der Waals surface area contributed by atoms with Gasteiger partial charge in [-0.1, -0.05) is 23.4 Å². The Labute approximate surface area is 161 Å². The van der Waals surface area contributed by atoms with E-state index >= 15 is 0 Å². The third kappa shape index (κ3) is 3.37. The highest BCUT2D eigenvalue weighted by Crippen LogP contribution is 2.33. The average molecular weight is 376 g/mol. The Morgan fingerprint density at radius 3 is 2.82 bits per heavy atom. The molecule has 0 aliphatic carbocycles. The van der Waals surface area contributed by atoms with Crippen molar-refractivity contribution in [2.24, 2.45) is 0 Å².